The van der Waals surface area contributed by atoms with Crippen LogP contribution in [-0.2, 0) is 6.18 Å². The van der Waals surface area contributed by atoms with E-state index in [0.717, 1.165) is 0 Å². The van der Waals surface area contributed by atoms with Gasteiger partial charge in [-0.1, -0.05) is 36.4 Å². The number of aromatic nitrogens is 2. The molecule has 0 aliphatic carbocycles. The summed E-state index contributed by atoms with van der Waals surface area (Å²) in [6.07, 6.45) is -3.27. The van der Waals surface area contributed by atoms with E-state index in [-0.39, 0.29) is 10.8 Å². The minimum absolute atomic E-state index is 0.135. The maximum atomic E-state index is 13.3. The van der Waals surface area contributed by atoms with Crippen LogP contribution in [0.5, 0.6) is 0 Å². The number of benzene rings is 1. The zero-order chi connectivity index (χ0) is 18.0. The molecule has 1 N–H and O–H groups in total. The smallest absolute Gasteiger partial charge is 0.306 e. The second-order valence-corrected chi connectivity index (χ2v) is 6.18. The highest BCUT2D eigenvalue weighted by Crippen LogP contribution is 2.38. The monoisotopic (exact) mass is 363 g/mol. The van der Waals surface area contributed by atoms with Crippen LogP contribution in [0.3, 0.4) is 0 Å². The van der Waals surface area contributed by atoms with Crippen LogP contribution in [0.15, 0.2) is 48.7 Å². The molecule has 4 nitrogen and oxygen atoms in total. The van der Waals surface area contributed by atoms with Crippen LogP contribution in [0.25, 0.3) is 10.6 Å². The number of pyridine rings is 1. The third-order valence-corrected chi connectivity index (χ3v) is 4.47. The minimum atomic E-state index is -4.73. The Labute approximate surface area is 145 Å². The van der Waals surface area contributed by atoms with E-state index in [4.69, 9.17) is 0 Å². The predicted octanol–water partition coefficient (Wildman–Crippen LogP) is 4.78. The average molecular weight is 363 g/mol. The molecule has 3 aromatic rings. The fraction of sp³-hybridized carbons (Fsp3) is 0.118. The molecule has 0 fully saturated rings. The van der Waals surface area contributed by atoms with Gasteiger partial charge in [-0.3, -0.25) is 4.79 Å². The van der Waals surface area contributed by atoms with E-state index in [1.54, 1.807) is 49.4 Å². The van der Waals surface area contributed by atoms with Gasteiger partial charge in [-0.15, -0.1) is 11.3 Å². The van der Waals surface area contributed by atoms with Crippen molar-refractivity contribution in [2.75, 3.05) is 5.32 Å². The Kier molecular flexibility index (Phi) is 4.54. The number of alkyl halides is 3. The fourth-order valence-corrected chi connectivity index (χ4v) is 3.14. The molecular weight excluding hydrogens is 351 g/mol. The lowest BCUT2D eigenvalue weighted by Gasteiger charge is -2.08. The number of carbonyl (C=O) groups excluding carboxylic acids is 1. The van der Waals surface area contributed by atoms with Gasteiger partial charge in [-0.2, -0.15) is 13.2 Å². The largest absolute Gasteiger partial charge is 0.435 e. The van der Waals surface area contributed by atoms with Crippen molar-refractivity contribution < 1.29 is 18.0 Å². The van der Waals surface area contributed by atoms with Crippen molar-refractivity contribution in [1.29, 1.82) is 0 Å². The lowest BCUT2D eigenvalue weighted by Crippen LogP contribution is -2.18. The van der Waals surface area contributed by atoms with Gasteiger partial charge in [0.2, 0.25) is 0 Å². The van der Waals surface area contributed by atoms with Crippen LogP contribution in [0, 0.1) is 6.92 Å². The summed E-state index contributed by atoms with van der Waals surface area (Å²) in [6.45, 7) is 1.70. The van der Waals surface area contributed by atoms with Crippen molar-refractivity contribution in [2.24, 2.45) is 0 Å². The molecule has 0 radical (unpaired) electrons. The van der Waals surface area contributed by atoms with Crippen molar-refractivity contribution in [2.45, 2.75) is 13.1 Å². The highest BCUT2D eigenvalue weighted by Gasteiger charge is 2.39. The minimum Gasteiger partial charge on any atom is -0.306 e. The molecule has 1 aromatic carbocycles. The van der Waals surface area contributed by atoms with Crippen LogP contribution in [0.2, 0.25) is 0 Å². The van der Waals surface area contributed by atoms with Crippen LogP contribution in [0.4, 0.5) is 19.0 Å². The second-order valence-electron chi connectivity index (χ2n) is 5.18. The molecular formula is C17H12F3N3OS. The van der Waals surface area contributed by atoms with Gasteiger partial charge in [0.05, 0.1) is 0 Å². The molecule has 0 spiro atoms. The zero-order valence-electron chi connectivity index (χ0n) is 13.0. The number of hydrogen-bond acceptors (Lipinski definition) is 4. The second kappa shape index (κ2) is 6.64. The summed E-state index contributed by atoms with van der Waals surface area (Å²) >= 11 is 0.702. The average Bonchev–Trinajstić information content (AvgIpc) is 3.04. The van der Waals surface area contributed by atoms with Gasteiger partial charge in [-0.05, 0) is 18.6 Å². The fourth-order valence-electron chi connectivity index (χ4n) is 2.15. The molecule has 0 unspecified atom stereocenters. The molecule has 2 heterocycles. The number of anilines is 1. The Morgan fingerprint density at radius 1 is 1.12 bits per heavy atom. The first-order valence-electron chi connectivity index (χ1n) is 7.22. The van der Waals surface area contributed by atoms with Crippen LogP contribution in [0.1, 0.15) is 20.9 Å². The molecule has 0 aliphatic rings. The van der Waals surface area contributed by atoms with Gasteiger partial charge in [0.25, 0.3) is 5.91 Å². The molecule has 0 bridgehead atoms. The van der Waals surface area contributed by atoms with Gasteiger partial charge in [0.1, 0.15) is 15.7 Å². The zero-order valence-corrected chi connectivity index (χ0v) is 13.8. The van der Waals surface area contributed by atoms with Crippen molar-refractivity contribution in [3.63, 3.8) is 0 Å². The number of nitrogens with zero attached hydrogens (tertiary/aromatic N) is 2. The first-order chi connectivity index (χ1) is 11.9. The number of aryl methyl sites for hydroxylation is 1. The maximum Gasteiger partial charge on any atom is 0.435 e. The highest BCUT2D eigenvalue weighted by atomic mass is 32.1. The molecule has 0 saturated heterocycles. The van der Waals surface area contributed by atoms with Crippen molar-refractivity contribution in [3.05, 3.63) is 64.8 Å². The molecule has 0 aliphatic heterocycles. The summed E-state index contributed by atoms with van der Waals surface area (Å²) < 4.78 is 39.9. The number of rotatable bonds is 3. The van der Waals surface area contributed by atoms with Gasteiger partial charge >= 0.3 is 6.18 Å². The third-order valence-electron chi connectivity index (χ3n) is 3.36. The quantitative estimate of drug-likeness (QED) is 0.728. The molecule has 0 atom stereocenters. The van der Waals surface area contributed by atoms with Gasteiger partial charge in [0.15, 0.2) is 5.69 Å². The van der Waals surface area contributed by atoms with E-state index in [1.807, 2.05) is 0 Å². The van der Waals surface area contributed by atoms with E-state index < -0.39 is 22.7 Å². The van der Waals surface area contributed by atoms with Gasteiger partial charge in [0, 0.05) is 11.8 Å². The Bertz CT molecular complexity index is 907. The Morgan fingerprint density at radius 2 is 1.84 bits per heavy atom. The van der Waals surface area contributed by atoms with Gasteiger partial charge in [-0.25, -0.2) is 9.97 Å². The van der Waals surface area contributed by atoms with Crippen LogP contribution >= 0.6 is 11.3 Å². The Morgan fingerprint density at radius 3 is 2.48 bits per heavy atom. The number of hydrogen-bond donors (Lipinski definition) is 1. The first kappa shape index (κ1) is 17.1. The normalized spacial score (nSPS) is 11.4. The van der Waals surface area contributed by atoms with Crippen molar-refractivity contribution >= 4 is 23.1 Å². The topological polar surface area (TPSA) is 54.9 Å². The number of amides is 1. The van der Waals surface area contributed by atoms with E-state index in [0.29, 0.717) is 22.5 Å². The predicted molar refractivity (Wildman–Crippen MR) is 89.5 cm³/mol. The summed E-state index contributed by atoms with van der Waals surface area (Å²) in [4.78, 5) is 19.5. The number of thiazole rings is 1. The van der Waals surface area contributed by atoms with Crippen molar-refractivity contribution in [3.8, 4) is 10.6 Å². The Hall–Kier alpha value is -2.74. The summed E-state index contributed by atoms with van der Waals surface area (Å²) in [6, 6.07) is 11.8. The summed E-state index contributed by atoms with van der Waals surface area (Å²) in [5.74, 6) is -0.663. The van der Waals surface area contributed by atoms with E-state index >= 15 is 0 Å². The molecule has 128 valence electrons. The number of carbonyl (C=O) groups is 1. The van der Waals surface area contributed by atoms with Gasteiger partial charge < -0.3 is 5.32 Å². The third kappa shape index (κ3) is 3.69. The summed E-state index contributed by atoms with van der Waals surface area (Å²) in [5, 5.41) is 2.56. The molecule has 3 rings (SSSR count). The molecule has 0 saturated carbocycles. The Balaban J connectivity index is 2.01. The highest BCUT2D eigenvalue weighted by molar-refractivity contribution is 7.17. The SMILES string of the molecule is Cc1cccnc1NC(=O)c1sc(-c2ccccc2)nc1C(F)(F)F. The van der Waals surface area contributed by atoms with E-state index in [2.05, 4.69) is 15.3 Å². The van der Waals surface area contributed by atoms with E-state index in [1.165, 1.54) is 6.20 Å². The van der Waals surface area contributed by atoms with E-state index in [9.17, 15) is 18.0 Å². The molecule has 8 heteroatoms. The number of halogens is 3. The van der Waals surface area contributed by atoms with Crippen molar-refractivity contribution in [1.82, 2.24) is 9.97 Å². The molecule has 1 amide bonds. The maximum absolute atomic E-state index is 13.3. The first-order valence-corrected chi connectivity index (χ1v) is 8.04. The summed E-state index contributed by atoms with van der Waals surface area (Å²) in [7, 11) is 0. The van der Waals surface area contributed by atoms with Crippen LogP contribution < -0.4 is 5.32 Å². The molecule has 25 heavy (non-hydrogen) atoms. The lowest BCUT2D eigenvalue weighted by atomic mass is 10.2. The summed E-state index contributed by atoms with van der Waals surface area (Å²) in [5.41, 5.74) is -0.0225. The van der Waals surface area contributed by atoms with Crippen LogP contribution in [-0.4, -0.2) is 15.9 Å². The number of nitrogens with one attached hydrogen (secondary N) is 1. The standard InChI is InChI=1S/C17H12F3N3OS/c1-10-6-5-9-21-14(10)23-15(24)12-13(17(18,19)20)22-16(25-12)11-7-3-2-4-8-11/h2-9H,1H3,(H,21,23,24). The lowest BCUT2D eigenvalue weighted by molar-refractivity contribution is -0.140. The molecule has 2 aromatic heterocycles.